The van der Waals surface area contributed by atoms with E-state index in [0.717, 1.165) is 52.0 Å². The molecule has 0 radical (unpaired) electrons. The molecule has 1 amide bonds. The molecular weight excluding hydrogens is 340 g/mol. The van der Waals surface area contributed by atoms with E-state index in [9.17, 15) is 4.79 Å². The van der Waals surface area contributed by atoms with Gasteiger partial charge in [-0.1, -0.05) is 25.7 Å². The van der Waals surface area contributed by atoms with Gasteiger partial charge in [0.2, 0.25) is 0 Å². The summed E-state index contributed by atoms with van der Waals surface area (Å²) in [7, 11) is 0. The van der Waals surface area contributed by atoms with Gasteiger partial charge in [0, 0.05) is 6.54 Å². The lowest BCUT2D eigenvalue weighted by Crippen LogP contribution is -2.33. The summed E-state index contributed by atoms with van der Waals surface area (Å²) in [4.78, 5) is 11.5. The van der Waals surface area contributed by atoms with Crippen molar-refractivity contribution < 1.29 is 9.53 Å². The maximum Gasteiger partial charge on any atom is 0.407 e. The van der Waals surface area contributed by atoms with Crippen molar-refractivity contribution in [3.63, 3.8) is 0 Å². The second-order valence-corrected chi connectivity index (χ2v) is 8.25. The van der Waals surface area contributed by atoms with E-state index < -0.39 is 5.60 Å². The minimum Gasteiger partial charge on any atom is -0.444 e. The predicted octanol–water partition coefficient (Wildman–Crippen LogP) is 3.55. The molecule has 0 aromatic carbocycles. The summed E-state index contributed by atoms with van der Waals surface area (Å²) in [6, 6.07) is 0. The first-order chi connectivity index (χ1) is 13.0. The topological polar surface area (TPSA) is 88.4 Å². The van der Waals surface area contributed by atoms with Crippen molar-refractivity contribution in [3.8, 4) is 0 Å². The summed E-state index contributed by atoms with van der Waals surface area (Å²) >= 11 is 0. The Labute approximate surface area is 167 Å². The summed E-state index contributed by atoms with van der Waals surface area (Å²) in [5.74, 6) is 0. The summed E-state index contributed by atoms with van der Waals surface area (Å²) in [6.45, 7) is 11.5. The third kappa shape index (κ3) is 23.1. The second kappa shape index (κ2) is 18.5. The van der Waals surface area contributed by atoms with Gasteiger partial charge < -0.3 is 26.4 Å². The van der Waals surface area contributed by atoms with Crippen LogP contribution in [0.3, 0.4) is 0 Å². The first kappa shape index (κ1) is 26.1. The average molecular weight is 387 g/mol. The predicted molar refractivity (Wildman–Crippen MR) is 115 cm³/mol. The van der Waals surface area contributed by atoms with E-state index in [-0.39, 0.29) is 6.09 Å². The molecule has 0 aromatic rings. The molecule has 0 bridgehead atoms. The van der Waals surface area contributed by atoms with Crippen molar-refractivity contribution in [2.24, 2.45) is 5.73 Å². The third-order valence-corrected chi connectivity index (χ3v) is 4.21. The SMILES string of the molecule is CC(C)(C)OC(=O)NCCCCNCCCCCCCCNCCCCN. The Kier molecular flexibility index (Phi) is 17.9. The maximum absolute atomic E-state index is 11.5. The number of nitrogens with two attached hydrogens (primary N) is 1. The number of carbonyl (C=O) groups is 1. The van der Waals surface area contributed by atoms with Crippen LogP contribution in [0.1, 0.15) is 85.0 Å². The zero-order chi connectivity index (χ0) is 20.2. The van der Waals surface area contributed by atoms with Gasteiger partial charge in [0.1, 0.15) is 5.60 Å². The largest absolute Gasteiger partial charge is 0.444 e. The van der Waals surface area contributed by atoms with E-state index in [1.807, 2.05) is 20.8 Å². The Morgan fingerprint density at radius 1 is 0.704 bits per heavy atom. The molecule has 6 nitrogen and oxygen atoms in total. The van der Waals surface area contributed by atoms with Crippen molar-refractivity contribution in [3.05, 3.63) is 0 Å². The molecule has 162 valence electrons. The van der Waals surface area contributed by atoms with Gasteiger partial charge in [-0.05, 0) is 92.0 Å². The average Bonchev–Trinajstić information content (AvgIpc) is 2.59. The number of nitrogens with one attached hydrogen (secondary N) is 3. The number of unbranched alkanes of at least 4 members (excludes halogenated alkanes) is 7. The highest BCUT2D eigenvalue weighted by Gasteiger charge is 2.15. The van der Waals surface area contributed by atoms with Gasteiger partial charge in [0.15, 0.2) is 0 Å². The monoisotopic (exact) mass is 386 g/mol. The smallest absolute Gasteiger partial charge is 0.407 e. The van der Waals surface area contributed by atoms with Gasteiger partial charge in [-0.2, -0.15) is 0 Å². The number of amides is 1. The van der Waals surface area contributed by atoms with Crippen LogP contribution >= 0.6 is 0 Å². The molecule has 0 spiro atoms. The zero-order valence-corrected chi connectivity index (χ0v) is 18.2. The van der Waals surface area contributed by atoms with Crippen molar-refractivity contribution >= 4 is 6.09 Å². The Hall–Kier alpha value is -0.850. The third-order valence-electron chi connectivity index (χ3n) is 4.21. The van der Waals surface area contributed by atoms with E-state index in [0.29, 0.717) is 6.54 Å². The molecule has 0 saturated carbocycles. The van der Waals surface area contributed by atoms with Crippen LogP contribution in [-0.4, -0.2) is 51.0 Å². The van der Waals surface area contributed by atoms with Crippen LogP contribution in [0.4, 0.5) is 4.79 Å². The lowest BCUT2D eigenvalue weighted by molar-refractivity contribution is 0.0527. The van der Waals surface area contributed by atoms with Crippen LogP contribution in [0.5, 0.6) is 0 Å². The van der Waals surface area contributed by atoms with E-state index in [2.05, 4.69) is 16.0 Å². The lowest BCUT2D eigenvalue weighted by atomic mass is 10.1. The van der Waals surface area contributed by atoms with E-state index in [1.165, 1.54) is 44.9 Å². The fourth-order valence-electron chi connectivity index (χ4n) is 2.73. The number of rotatable bonds is 18. The van der Waals surface area contributed by atoms with Gasteiger partial charge in [0.25, 0.3) is 0 Å². The highest BCUT2D eigenvalue weighted by molar-refractivity contribution is 5.67. The van der Waals surface area contributed by atoms with E-state index in [1.54, 1.807) is 0 Å². The molecule has 5 N–H and O–H groups in total. The normalized spacial score (nSPS) is 11.6. The number of ether oxygens (including phenoxy) is 1. The van der Waals surface area contributed by atoms with Crippen molar-refractivity contribution in [2.75, 3.05) is 39.3 Å². The molecule has 0 fully saturated rings. The number of carbonyl (C=O) groups excluding carboxylic acids is 1. The highest BCUT2D eigenvalue weighted by atomic mass is 16.6. The Bertz CT molecular complexity index is 333. The number of hydrogen-bond donors (Lipinski definition) is 4. The molecule has 0 unspecified atom stereocenters. The highest BCUT2D eigenvalue weighted by Crippen LogP contribution is 2.06. The zero-order valence-electron chi connectivity index (χ0n) is 18.2. The molecule has 0 saturated heterocycles. The molecule has 27 heavy (non-hydrogen) atoms. The summed E-state index contributed by atoms with van der Waals surface area (Å²) in [6.07, 6.45) is 12.0. The summed E-state index contributed by atoms with van der Waals surface area (Å²) < 4.78 is 5.20. The van der Waals surface area contributed by atoms with Gasteiger partial charge >= 0.3 is 6.09 Å². The van der Waals surface area contributed by atoms with Crippen LogP contribution in [0, 0.1) is 0 Å². The molecule has 0 rings (SSSR count). The minimum absolute atomic E-state index is 0.321. The first-order valence-corrected chi connectivity index (χ1v) is 11.0. The van der Waals surface area contributed by atoms with E-state index >= 15 is 0 Å². The van der Waals surface area contributed by atoms with Gasteiger partial charge in [0.05, 0.1) is 0 Å². The standard InChI is InChI=1S/C21H46N4O2/c1-21(2,3)27-20(26)25-19-13-12-18-24-16-10-7-5-4-6-9-15-23-17-11-8-14-22/h23-24H,4-19,22H2,1-3H3,(H,25,26). The Morgan fingerprint density at radius 3 is 1.59 bits per heavy atom. The Balaban J connectivity index is 3.12. The minimum atomic E-state index is -0.424. The fraction of sp³-hybridized carbons (Fsp3) is 0.952. The van der Waals surface area contributed by atoms with Gasteiger partial charge in [-0.15, -0.1) is 0 Å². The summed E-state index contributed by atoms with van der Waals surface area (Å²) in [5.41, 5.74) is 5.05. The molecule has 0 aliphatic carbocycles. The van der Waals surface area contributed by atoms with Crippen LogP contribution < -0.4 is 21.7 Å². The molecule has 0 aliphatic heterocycles. The molecule has 0 atom stereocenters. The fourth-order valence-corrected chi connectivity index (χ4v) is 2.73. The van der Waals surface area contributed by atoms with Crippen LogP contribution in [0.2, 0.25) is 0 Å². The van der Waals surface area contributed by atoms with Crippen molar-refractivity contribution in [1.29, 1.82) is 0 Å². The lowest BCUT2D eigenvalue weighted by Gasteiger charge is -2.19. The van der Waals surface area contributed by atoms with Crippen LogP contribution in [-0.2, 0) is 4.74 Å². The van der Waals surface area contributed by atoms with E-state index in [4.69, 9.17) is 10.5 Å². The number of hydrogen-bond acceptors (Lipinski definition) is 5. The molecular formula is C21H46N4O2. The van der Waals surface area contributed by atoms with Gasteiger partial charge in [-0.25, -0.2) is 4.79 Å². The quantitative estimate of drug-likeness (QED) is 0.271. The molecule has 0 heterocycles. The van der Waals surface area contributed by atoms with Gasteiger partial charge in [-0.3, -0.25) is 0 Å². The first-order valence-electron chi connectivity index (χ1n) is 11.0. The second-order valence-electron chi connectivity index (χ2n) is 8.25. The molecule has 6 heteroatoms. The number of alkyl carbamates (subject to hydrolysis) is 1. The maximum atomic E-state index is 11.5. The molecule has 0 aliphatic rings. The van der Waals surface area contributed by atoms with Crippen LogP contribution in [0.25, 0.3) is 0 Å². The van der Waals surface area contributed by atoms with Crippen molar-refractivity contribution in [1.82, 2.24) is 16.0 Å². The van der Waals surface area contributed by atoms with Crippen molar-refractivity contribution in [2.45, 2.75) is 90.6 Å². The van der Waals surface area contributed by atoms with Crippen LogP contribution in [0.15, 0.2) is 0 Å². The summed E-state index contributed by atoms with van der Waals surface area (Å²) in [5, 5.41) is 9.76. The Morgan fingerprint density at radius 2 is 1.11 bits per heavy atom. The molecule has 0 aromatic heterocycles.